The van der Waals surface area contributed by atoms with Crippen LogP contribution in [0.4, 0.5) is 5.69 Å². The standard InChI is InChI=1S/C21H26N6O3/c1-13-16(20(13)17-6-5-15(29-4)11-23-17)12-30-19-9-18(21(28)27(3)25-19)22-10-14-7-8-26(2)24-14/h5-9,11,13,16,20,22H,10,12H2,1-4H3. The number of nitrogens with one attached hydrogen (secondary N) is 1. The third-order valence-electron chi connectivity index (χ3n) is 5.59. The van der Waals surface area contributed by atoms with E-state index in [2.05, 4.69) is 27.4 Å². The molecule has 30 heavy (non-hydrogen) atoms. The van der Waals surface area contributed by atoms with E-state index in [-0.39, 0.29) is 5.56 Å². The lowest BCUT2D eigenvalue weighted by Gasteiger charge is -2.10. The maximum absolute atomic E-state index is 12.4. The lowest BCUT2D eigenvalue weighted by atomic mass is 10.2. The molecule has 3 aromatic rings. The Labute approximate surface area is 174 Å². The van der Waals surface area contributed by atoms with Gasteiger partial charge in [-0.15, -0.1) is 5.10 Å². The molecule has 158 valence electrons. The fourth-order valence-electron chi connectivity index (χ4n) is 3.70. The summed E-state index contributed by atoms with van der Waals surface area (Å²) in [6, 6.07) is 7.49. The molecule has 0 spiro atoms. The van der Waals surface area contributed by atoms with E-state index in [1.54, 1.807) is 31.1 Å². The van der Waals surface area contributed by atoms with Gasteiger partial charge in [0.1, 0.15) is 11.4 Å². The molecule has 1 fully saturated rings. The van der Waals surface area contributed by atoms with Gasteiger partial charge in [0.2, 0.25) is 5.88 Å². The lowest BCUT2D eigenvalue weighted by Crippen LogP contribution is -2.24. The molecule has 0 bridgehead atoms. The molecular weight excluding hydrogens is 384 g/mol. The quantitative estimate of drug-likeness (QED) is 0.606. The minimum atomic E-state index is -0.210. The number of ether oxygens (including phenoxy) is 2. The topological polar surface area (TPSA) is 96.1 Å². The third kappa shape index (κ3) is 4.14. The predicted octanol–water partition coefficient (Wildman–Crippen LogP) is 1.96. The molecule has 0 aromatic carbocycles. The number of hydrogen-bond acceptors (Lipinski definition) is 7. The van der Waals surface area contributed by atoms with Gasteiger partial charge in [-0.25, -0.2) is 4.68 Å². The fourth-order valence-corrected chi connectivity index (χ4v) is 3.70. The minimum Gasteiger partial charge on any atom is -0.495 e. The average molecular weight is 410 g/mol. The van der Waals surface area contributed by atoms with Crippen molar-refractivity contribution in [3.63, 3.8) is 0 Å². The van der Waals surface area contributed by atoms with Crippen molar-refractivity contribution in [2.24, 2.45) is 25.9 Å². The van der Waals surface area contributed by atoms with Crippen LogP contribution in [0.15, 0.2) is 41.5 Å². The number of pyridine rings is 1. The molecule has 1 aliphatic carbocycles. The predicted molar refractivity (Wildman–Crippen MR) is 112 cm³/mol. The highest BCUT2D eigenvalue weighted by atomic mass is 16.5. The van der Waals surface area contributed by atoms with Crippen LogP contribution in [0, 0.1) is 11.8 Å². The van der Waals surface area contributed by atoms with E-state index >= 15 is 0 Å². The van der Waals surface area contributed by atoms with Crippen LogP contribution in [0.25, 0.3) is 0 Å². The van der Waals surface area contributed by atoms with Crippen LogP contribution < -0.4 is 20.3 Å². The SMILES string of the molecule is COc1ccc(C2C(C)C2COc2cc(NCc3ccn(C)n3)c(=O)n(C)n2)nc1. The second kappa shape index (κ2) is 8.17. The monoisotopic (exact) mass is 410 g/mol. The zero-order chi connectivity index (χ0) is 21.3. The van der Waals surface area contributed by atoms with Crippen molar-refractivity contribution in [3.8, 4) is 11.6 Å². The first kappa shape index (κ1) is 19.9. The molecule has 4 rings (SSSR count). The van der Waals surface area contributed by atoms with Crippen LogP contribution in [0.3, 0.4) is 0 Å². The Hall–Kier alpha value is -3.36. The Bertz CT molecular complexity index is 1080. The summed E-state index contributed by atoms with van der Waals surface area (Å²) in [7, 11) is 5.10. The van der Waals surface area contributed by atoms with Crippen molar-refractivity contribution >= 4 is 5.69 Å². The number of nitrogens with zero attached hydrogens (tertiary/aromatic N) is 5. The van der Waals surface area contributed by atoms with Gasteiger partial charge in [-0.3, -0.25) is 14.5 Å². The third-order valence-corrected chi connectivity index (χ3v) is 5.59. The van der Waals surface area contributed by atoms with Gasteiger partial charge in [-0.05, 0) is 24.1 Å². The Balaban J connectivity index is 1.39. The van der Waals surface area contributed by atoms with Gasteiger partial charge in [0.15, 0.2) is 0 Å². The first-order chi connectivity index (χ1) is 14.5. The van der Waals surface area contributed by atoms with E-state index in [4.69, 9.17) is 9.47 Å². The molecule has 1 N–H and O–H groups in total. The summed E-state index contributed by atoms with van der Waals surface area (Å²) >= 11 is 0. The molecule has 0 saturated heterocycles. The molecule has 3 unspecified atom stereocenters. The van der Waals surface area contributed by atoms with E-state index in [0.717, 1.165) is 17.1 Å². The van der Waals surface area contributed by atoms with E-state index < -0.39 is 0 Å². The highest BCUT2D eigenvalue weighted by molar-refractivity contribution is 5.43. The van der Waals surface area contributed by atoms with Crippen LogP contribution in [0.1, 0.15) is 24.2 Å². The Morgan fingerprint density at radius 3 is 2.70 bits per heavy atom. The molecule has 0 radical (unpaired) electrons. The highest BCUT2D eigenvalue weighted by Crippen LogP contribution is 2.53. The van der Waals surface area contributed by atoms with Gasteiger partial charge in [-0.1, -0.05) is 6.92 Å². The van der Waals surface area contributed by atoms with Gasteiger partial charge < -0.3 is 14.8 Å². The molecule has 0 aliphatic heterocycles. The van der Waals surface area contributed by atoms with Gasteiger partial charge in [0, 0.05) is 43.9 Å². The van der Waals surface area contributed by atoms with Crippen LogP contribution >= 0.6 is 0 Å². The number of methoxy groups -OCH3 is 1. The molecule has 0 amide bonds. The molecule has 9 nitrogen and oxygen atoms in total. The summed E-state index contributed by atoms with van der Waals surface area (Å²) in [6.07, 6.45) is 3.60. The Kier molecular flexibility index (Phi) is 5.43. The normalized spacial score (nSPS) is 20.1. The summed E-state index contributed by atoms with van der Waals surface area (Å²) in [5.41, 5.74) is 2.12. The van der Waals surface area contributed by atoms with Crippen LogP contribution in [0.2, 0.25) is 0 Å². The number of hydrogen-bond donors (Lipinski definition) is 1. The second-order valence-corrected chi connectivity index (χ2v) is 7.64. The minimum absolute atomic E-state index is 0.210. The number of anilines is 1. The van der Waals surface area contributed by atoms with Crippen molar-refractivity contribution in [2.75, 3.05) is 19.0 Å². The summed E-state index contributed by atoms with van der Waals surface area (Å²) in [6.45, 7) is 3.16. The van der Waals surface area contributed by atoms with Crippen molar-refractivity contribution in [3.05, 3.63) is 58.4 Å². The summed E-state index contributed by atoms with van der Waals surface area (Å²) in [5, 5.41) is 11.7. The van der Waals surface area contributed by atoms with E-state index in [1.165, 1.54) is 4.68 Å². The molecule has 3 aromatic heterocycles. The van der Waals surface area contributed by atoms with Crippen molar-refractivity contribution in [1.29, 1.82) is 0 Å². The number of rotatable bonds is 8. The summed E-state index contributed by atoms with van der Waals surface area (Å²) in [4.78, 5) is 16.9. The van der Waals surface area contributed by atoms with Crippen molar-refractivity contribution in [1.82, 2.24) is 24.5 Å². The van der Waals surface area contributed by atoms with Crippen molar-refractivity contribution < 1.29 is 9.47 Å². The molecule has 9 heteroatoms. The zero-order valence-corrected chi connectivity index (χ0v) is 17.6. The molecular formula is C21H26N6O3. The van der Waals surface area contributed by atoms with E-state index in [0.29, 0.717) is 42.5 Å². The number of aryl methyl sites for hydroxylation is 2. The maximum Gasteiger partial charge on any atom is 0.290 e. The zero-order valence-electron chi connectivity index (χ0n) is 17.6. The van der Waals surface area contributed by atoms with Crippen LogP contribution in [-0.4, -0.2) is 38.3 Å². The second-order valence-electron chi connectivity index (χ2n) is 7.64. The van der Waals surface area contributed by atoms with Crippen LogP contribution in [0.5, 0.6) is 11.6 Å². The largest absolute Gasteiger partial charge is 0.495 e. The Morgan fingerprint density at radius 2 is 2.03 bits per heavy atom. The molecule has 3 heterocycles. The van der Waals surface area contributed by atoms with E-state index in [9.17, 15) is 4.79 Å². The average Bonchev–Trinajstić information content (AvgIpc) is 3.19. The Morgan fingerprint density at radius 1 is 1.20 bits per heavy atom. The molecule has 1 saturated carbocycles. The van der Waals surface area contributed by atoms with E-state index in [1.807, 2.05) is 31.4 Å². The van der Waals surface area contributed by atoms with Gasteiger partial charge in [0.05, 0.1) is 32.2 Å². The maximum atomic E-state index is 12.4. The smallest absolute Gasteiger partial charge is 0.290 e. The van der Waals surface area contributed by atoms with Crippen LogP contribution in [-0.2, 0) is 20.6 Å². The fraction of sp³-hybridized carbons (Fsp3) is 0.429. The highest BCUT2D eigenvalue weighted by Gasteiger charge is 2.49. The van der Waals surface area contributed by atoms with Gasteiger partial charge in [0.25, 0.3) is 5.56 Å². The van der Waals surface area contributed by atoms with Crippen molar-refractivity contribution in [2.45, 2.75) is 19.4 Å². The molecule has 3 atom stereocenters. The first-order valence-corrected chi connectivity index (χ1v) is 9.89. The first-order valence-electron chi connectivity index (χ1n) is 9.89. The van der Waals surface area contributed by atoms with Gasteiger partial charge >= 0.3 is 0 Å². The lowest BCUT2D eigenvalue weighted by molar-refractivity contribution is 0.273. The summed E-state index contributed by atoms with van der Waals surface area (Å²) < 4.78 is 14.1. The molecule has 1 aliphatic rings. The number of aromatic nitrogens is 5. The summed E-state index contributed by atoms with van der Waals surface area (Å²) in [5.74, 6) is 2.35. The van der Waals surface area contributed by atoms with Gasteiger partial charge in [-0.2, -0.15) is 5.10 Å².